The fourth-order valence-electron chi connectivity index (χ4n) is 3.25. The van der Waals surface area contributed by atoms with Gasteiger partial charge in [0.25, 0.3) is 5.91 Å². The van der Waals surface area contributed by atoms with E-state index >= 15 is 0 Å². The average Bonchev–Trinajstić information content (AvgIpc) is 2.89. The summed E-state index contributed by atoms with van der Waals surface area (Å²) in [5, 5.41) is 6.23. The molecule has 1 fully saturated rings. The first-order chi connectivity index (χ1) is 11.5. The number of rotatable bonds is 3. The first kappa shape index (κ1) is 16.6. The Morgan fingerprint density at radius 3 is 2.71 bits per heavy atom. The van der Waals surface area contributed by atoms with Crippen LogP contribution in [0.1, 0.15) is 39.8 Å². The quantitative estimate of drug-likeness (QED) is 0.907. The summed E-state index contributed by atoms with van der Waals surface area (Å²) in [6.45, 7) is 4.87. The third kappa shape index (κ3) is 3.33. The van der Waals surface area contributed by atoms with Crippen LogP contribution < -0.4 is 10.6 Å². The molecule has 128 valence electrons. The first-order valence-electron chi connectivity index (χ1n) is 7.99. The highest BCUT2D eigenvalue weighted by molar-refractivity contribution is 5.95. The number of carbonyl (C=O) groups is 1. The SMILES string of the molecule is Cc1cc(C(=O)NC2CNCCC2c2ccc(F)c(F)c2)c(C)o1. The number of nitrogens with one attached hydrogen (secondary N) is 2. The van der Waals surface area contributed by atoms with Gasteiger partial charge in [0, 0.05) is 18.5 Å². The Morgan fingerprint density at radius 2 is 2.04 bits per heavy atom. The lowest BCUT2D eigenvalue weighted by molar-refractivity contribution is 0.0923. The number of benzene rings is 1. The van der Waals surface area contributed by atoms with Crippen molar-refractivity contribution in [3.05, 3.63) is 58.5 Å². The van der Waals surface area contributed by atoms with E-state index in [1.807, 2.05) is 0 Å². The van der Waals surface area contributed by atoms with Gasteiger partial charge >= 0.3 is 0 Å². The minimum Gasteiger partial charge on any atom is -0.466 e. The molecule has 24 heavy (non-hydrogen) atoms. The van der Waals surface area contributed by atoms with Crippen LogP contribution in [0.3, 0.4) is 0 Å². The third-order valence-corrected chi connectivity index (χ3v) is 4.46. The second kappa shape index (κ2) is 6.73. The van der Waals surface area contributed by atoms with Crippen molar-refractivity contribution in [3.63, 3.8) is 0 Å². The number of halogens is 2. The summed E-state index contributed by atoms with van der Waals surface area (Å²) in [5.74, 6) is -0.769. The molecule has 2 unspecified atom stereocenters. The number of hydrogen-bond donors (Lipinski definition) is 2. The number of piperidine rings is 1. The Morgan fingerprint density at radius 1 is 1.25 bits per heavy atom. The lowest BCUT2D eigenvalue weighted by Gasteiger charge is -2.33. The fourth-order valence-corrected chi connectivity index (χ4v) is 3.25. The fraction of sp³-hybridized carbons (Fsp3) is 0.389. The predicted octanol–water partition coefficient (Wildman–Crippen LogP) is 3.05. The molecule has 2 aromatic rings. The Balaban J connectivity index is 1.80. The van der Waals surface area contributed by atoms with Gasteiger partial charge in [0.05, 0.1) is 5.56 Å². The molecule has 6 heteroatoms. The Hall–Kier alpha value is -2.21. The number of furan rings is 1. The van der Waals surface area contributed by atoms with Crippen molar-refractivity contribution in [3.8, 4) is 0 Å². The molecule has 1 amide bonds. The lowest BCUT2D eigenvalue weighted by atomic mass is 9.85. The van der Waals surface area contributed by atoms with Gasteiger partial charge in [0.2, 0.25) is 0 Å². The number of hydrogen-bond acceptors (Lipinski definition) is 3. The van der Waals surface area contributed by atoms with Crippen LogP contribution in [0.15, 0.2) is 28.7 Å². The molecule has 2 N–H and O–H groups in total. The van der Waals surface area contributed by atoms with Crippen LogP contribution in [0.5, 0.6) is 0 Å². The number of carbonyl (C=O) groups excluding carboxylic acids is 1. The lowest BCUT2D eigenvalue weighted by Crippen LogP contribution is -2.50. The van der Waals surface area contributed by atoms with Gasteiger partial charge in [-0.1, -0.05) is 6.07 Å². The standard InChI is InChI=1S/C18H20F2N2O2/c1-10-7-14(11(2)24-10)18(23)22-17-9-21-6-5-13(17)12-3-4-15(19)16(20)8-12/h3-4,7-8,13,17,21H,5-6,9H2,1-2H3,(H,22,23). The topological polar surface area (TPSA) is 54.3 Å². The maximum atomic E-state index is 13.6. The zero-order chi connectivity index (χ0) is 17.3. The molecule has 0 bridgehead atoms. The van der Waals surface area contributed by atoms with E-state index in [4.69, 9.17) is 4.42 Å². The van der Waals surface area contributed by atoms with Crippen molar-refractivity contribution >= 4 is 5.91 Å². The zero-order valence-corrected chi connectivity index (χ0v) is 13.7. The molecule has 1 aromatic carbocycles. The van der Waals surface area contributed by atoms with Crippen LogP contribution in [0.4, 0.5) is 8.78 Å². The molecule has 3 rings (SSSR count). The average molecular weight is 334 g/mol. The molecule has 1 aliphatic heterocycles. The molecular weight excluding hydrogens is 314 g/mol. The van der Waals surface area contributed by atoms with E-state index < -0.39 is 11.6 Å². The maximum Gasteiger partial charge on any atom is 0.255 e. The van der Waals surface area contributed by atoms with Crippen LogP contribution in [-0.4, -0.2) is 25.0 Å². The van der Waals surface area contributed by atoms with Crippen molar-refractivity contribution < 1.29 is 18.0 Å². The predicted molar refractivity (Wildman–Crippen MR) is 86.0 cm³/mol. The van der Waals surface area contributed by atoms with E-state index in [-0.39, 0.29) is 17.9 Å². The highest BCUT2D eigenvalue weighted by Gasteiger charge is 2.29. The van der Waals surface area contributed by atoms with E-state index in [0.29, 0.717) is 29.2 Å². The highest BCUT2D eigenvalue weighted by Crippen LogP contribution is 2.27. The van der Waals surface area contributed by atoms with Crippen molar-refractivity contribution in [1.82, 2.24) is 10.6 Å². The molecule has 1 saturated heterocycles. The minimum atomic E-state index is -0.864. The normalized spacial score (nSPS) is 20.8. The van der Waals surface area contributed by atoms with Gasteiger partial charge in [0.1, 0.15) is 11.5 Å². The molecule has 0 saturated carbocycles. The number of amides is 1. The van der Waals surface area contributed by atoms with Gasteiger partial charge in [0.15, 0.2) is 11.6 Å². The summed E-state index contributed by atoms with van der Waals surface area (Å²) in [6, 6.07) is 5.44. The van der Waals surface area contributed by atoms with Crippen LogP contribution in [0.2, 0.25) is 0 Å². The van der Waals surface area contributed by atoms with Crippen molar-refractivity contribution in [2.24, 2.45) is 0 Å². The first-order valence-corrected chi connectivity index (χ1v) is 7.99. The van der Waals surface area contributed by atoms with Crippen LogP contribution in [-0.2, 0) is 0 Å². The van der Waals surface area contributed by atoms with E-state index in [0.717, 1.165) is 19.0 Å². The second-order valence-electron chi connectivity index (χ2n) is 6.18. The minimum absolute atomic E-state index is 0.0707. The van der Waals surface area contributed by atoms with Gasteiger partial charge in [-0.2, -0.15) is 0 Å². The summed E-state index contributed by atoms with van der Waals surface area (Å²) in [4.78, 5) is 12.5. The smallest absolute Gasteiger partial charge is 0.255 e. The Kier molecular flexibility index (Phi) is 4.66. The van der Waals surface area contributed by atoms with E-state index in [2.05, 4.69) is 10.6 Å². The van der Waals surface area contributed by atoms with E-state index in [1.54, 1.807) is 26.0 Å². The molecule has 1 aromatic heterocycles. The van der Waals surface area contributed by atoms with Crippen molar-refractivity contribution in [1.29, 1.82) is 0 Å². The van der Waals surface area contributed by atoms with E-state index in [9.17, 15) is 13.6 Å². The van der Waals surface area contributed by atoms with Crippen LogP contribution >= 0.6 is 0 Å². The van der Waals surface area contributed by atoms with Gasteiger partial charge in [-0.05, 0) is 50.6 Å². The highest BCUT2D eigenvalue weighted by atomic mass is 19.2. The zero-order valence-electron chi connectivity index (χ0n) is 13.7. The molecule has 0 spiro atoms. The largest absolute Gasteiger partial charge is 0.466 e. The third-order valence-electron chi connectivity index (χ3n) is 4.46. The number of aryl methyl sites for hydroxylation is 2. The molecule has 2 atom stereocenters. The molecule has 4 nitrogen and oxygen atoms in total. The summed E-state index contributed by atoms with van der Waals surface area (Å²) in [7, 11) is 0. The molecule has 2 heterocycles. The van der Waals surface area contributed by atoms with Crippen LogP contribution in [0.25, 0.3) is 0 Å². The van der Waals surface area contributed by atoms with Crippen LogP contribution in [0, 0.1) is 25.5 Å². The summed E-state index contributed by atoms with van der Waals surface area (Å²) < 4.78 is 32.1. The maximum absolute atomic E-state index is 13.6. The molecule has 1 aliphatic rings. The monoisotopic (exact) mass is 334 g/mol. The Bertz CT molecular complexity index is 757. The summed E-state index contributed by atoms with van der Waals surface area (Å²) >= 11 is 0. The molecule has 0 radical (unpaired) electrons. The van der Waals surface area contributed by atoms with Crippen molar-refractivity contribution in [2.45, 2.75) is 32.2 Å². The van der Waals surface area contributed by atoms with Gasteiger partial charge in [-0.3, -0.25) is 4.79 Å². The van der Waals surface area contributed by atoms with Crippen molar-refractivity contribution in [2.75, 3.05) is 13.1 Å². The van der Waals surface area contributed by atoms with Gasteiger partial charge < -0.3 is 15.1 Å². The van der Waals surface area contributed by atoms with Gasteiger partial charge in [-0.25, -0.2) is 8.78 Å². The molecular formula is C18H20F2N2O2. The van der Waals surface area contributed by atoms with E-state index in [1.165, 1.54) is 6.07 Å². The summed E-state index contributed by atoms with van der Waals surface area (Å²) in [5.41, 5.74) is 1.20. The second-order valence-corrected chi connectivity index (χ2v) is 6.18. The van der Waals surface area contributed by atoms with Gasteiger partial charge in [-0.15, -0.1) is 0 Å². The summed E-state index contributed by atoms with van der Waals surface area (Å²) in [6.07, 6.45) is 0.736. The molecule has 0 aliphatic carbocycles. The Labute approximate surface area is 139 Å².